The Morgan fingerprint density at radius 1 is 1.16 bits per heavy atom. The van der Waals surface area contributed by atoms with Crippen LogP contribution in [-0.2, 0) is 9.59 Å². The van der Waals surface area contributed by atoms with E-state index in [2.05, 4.69) is 5.32 Å². The normalized spacial score (nSPS) is 13.4. The highest BCUT2D eigenvalue weighted by Gasteiger charge is 2.22. The standard InChI is InChI=1S/C13H15NO4S/c1-8(13(18)19-9(2)12(16)17)14-11(15)10-6-4-3-5-7-10/h3-9H,1-2H3,(H,14,15)(H,16,17)/t8-,9?/m0/s1. The van der Waals surface area contributed by atoms with Gasteiger partial charge in [0.2, 0.25) is 5.12 Å². The monoisotopic (exact) mass is 281 g/mol. The topological polar surface area (TPSA) is 83.5 Å². The summed E-state index contributed by atoms with van der Waals surface area (Å²) in [6, 6.07) is 7.78. The van der Waals surface area contributed by atoms with Crippen LogP contribution in [0, 0.1) is 0 Å². The van der Waals surface area contributed by atoms with Gasteiger partial charge in [0.15, 0.2) is 0 Å². The summed E-state index contributed by atoms with van der Waals surface area (Å²) in [5, 5.41) is 10.0. The quantitative estimate of drug-likeness (QED) is 0.855. The molecule has 2 N–H and O–H groups in total. The van der Waals surface area contributed by atoms with Crippen molar-refractivity contribution in [1.82, 2.24) is 5.32 Å². The van der Waals surface area contributed by atoms with Gasteiger partial charge < -0.3 is 10.4 Å². The Balaban J connectivity index is 2.55. The highest BCUT2D eigenvalue weighted by atomic mass is 32.2. The second-order valence-electron chi connectivity index (χ2n) is 3.98. The van der Waals surface area contributed by atoms with Crippen molar-refractivity contribution in [1.29, 1.82) is 0 Å². The smallest absolute Gasteiger partial charge is 0.316 e. The average molecular weight is 281 g/mol. The third-order valence-corrected chi connectivity index (χ3v) is 3.52. The summed E-state index contributed by atoms with van der Waals surface area (Å²) in [6.07, 6.45) is 0. The molecule has 1 aromatic rings. The molecule has 0 saturated heterocycles. The van der Waals surface area contributed by atoms with E-state index in [0.717, 1.165) is 0 Å². The minimum atomic E-state index is -1.06. The maximum atomic E-state index is 11.8. The van der Waals surface area contributed by atoms with Gasteiger partial charge in [0.1, 0.15) is 5.25 Å². The summed E-state index contributed by atoms with van der Waals surface area (Å²) >= 11 is 0.700. The zero-order valence-corrected chi connectivity index (χ0v) is 11.4. The molecule has 5 nitrogen and oxygen atoms in total. The molecule has 6 heteroatoms. The van der Waals surface area contributed by atoms with E-state index in [1.807, 2.05) is 0 Å². The summed E-state index contributed by atoms with van der Waals surface area (Å²) in [5.74, 6) is -1.41. The number of carboxylic acid groups (broad SMARTS) is 1. The zero-order valence-electron chi connectivity index (χ0n) is 10.6. The Morgan fingerprint density at radius 2 is 1.74 bits per heavy atom. The number of rotatable bonds is 5. The first-order chi connectivity index (χ1) is 8.91. The summed E-state index contributed by atoms with van der Waals surface area (Å²) in [7, 11) is 0. The predicted molar refractivity (Wildman–Crippen MR) is 73.1 cm³/mol. The van der Waals surface area contributed by atoms with Gasteiger partial charge >= 0.3 is 5.97 Å². The van der Waals surface area contributed by atoms with E-state index >= 15 is 0 Å². The first-order valence-corrected chi connectivity index (χ1v) is 6.59. The van der Waals surface area contributed by atoms with Gasteiger partial charge in [-0.25, -0.2) is 0 Å². The molecule has 0 aliphatic heterocycles. The largest absolute Gasteiger partial charge is 0.480 e. The van der Waals surface area contributed by atoms with Crippen LogP contribution >= 0.6 is 11.8 Å². The van der Waals surface area contributed by atoms with Crippen LogP contribution in [0.3, 0.4) is 0 Å². The Morgan fingerprint density at radius 3 is 2.26 bits per heavy atom. The van der Waals surface area contributed by atoms with Gasteiger partial charge in [-0.1, -0.05) is 30.0 Å². The van der Waals surface area contributed by atoms with Gasteiger partial charge in [-0.3, -0.25) is 14.4 Å². The number of hydrogen-bond donors (Lipinski definition) is 2. The van der Waals surface area contributed by atoms with Gasteiger partial charge in [-0.2, -0.15) is 0 Å². The van der Waals surface area contributed by atoms with Crippen molar-refractivity contribution in [3.05, 3.63) is 35.9 Å². The van der Waals surface area contributed by atoms with Crippen LogP contribution in [-0.4, -0.2) is 33.4 Å². The van der Waals surface area contributed by atoms with E-state index in [0.29, 0.717) is 17.3 Å². The molecule has 1 rings (SSSR count). The predicted octanol–water partition coefficient (Wildman–Crippen LogP) is 1.54. The number of thioether (sulfide) groups is 1. The van der Waals surface area contributed by atoms with Crippen LogP contribution in [0.4, 0.5) is 0 Å². The third kappa shape index (κ3) is 4.75. The highest BCUT2D eigenvalue weighted by molar-refractivity contribution is 8.14. The minimum absolute atomic E-state index is 0.356. The van der Waals surface area contributed by atoms with Gasteiger partial charge in [0.05, 0.1) is 6.04 Å². The molecule has 0 aliphatic carbocycles. The average Bonchev–Trinajstić information content (AvgIpc) is 2.39. The highest BCUT2D eigenvalue weighted by Crippen LogP contribution is 2.14. The summed E-state index contributed by atoms with van der Waals surface area (Å²) in [6.45, 7) is 2.96. The number of hydrogen-bond acceptors (Lipinski definition) is 4. The van der Waals surface area contributed by atoms with Crippen LogP contribution < -0.4 is 5.32 Å². The lowest BCUT2D eigenvalue weighted by Gasteiger charge is -2.13. The van der Waals surface area contributed by atoms with Crippen molar-refractivity contribution < 1.29 is 19.5 Å². The van der Waals surface area contributed by atoms with E-state index in [4.69, 9.17) is 5.11 Å². The van der Waals surface area contributed by atoms with E-state index < -0.39 is 17.3 Å². The van der Waals surface area contributed by atoms with E-state index in [-0.39, 0.29) is 11.0 Å². The number of carboxylic acids is 1. The first kappa shape index (κ1) is 15.2. The molecule has 2 atom stereocenters. The maximum Gasteiger partial charge on any atom is 0.316 e. The van der Waals surface area contributed by atoms with Gasteiger partial charge in [0.25, 0.3) is 5.91 Å². The molecular formula is C13H15NO4S. The lowest BCUT2D eigenvalue weighted by atomic mass is 10.2. The molecule has 0 radical (unpaired) electrons. The lowest BCUT2D eigenvalue weighted by molar-refractivity contribution is -0.136. The summed E-state index contributed by atoms with van der Waals surface area (Å²) < 4.78 is 0. The maximum absolute atomic E-state index is 11.8. The second kappa shape index (κ2) is 6.94. The van der Waals surface area contributed by atoms with Crippen molar-refractivity contribution in [3.63, 3.8) is 0 Å². The van der Waals surface area contributed by atoms with E-state index in [1.165, 1.54) is 13.8 Å². The Labute approximate surface area is 115 Å². The molecule has 0 aliphatic rings. The molecule has 0 fully saturated rings. The summed E-state index contributed by atoms with van der Waals surface area (Å²) in [5.41, 5.74) is 0.457. The molecule has 0 saturated carbocycles. The van der Waals surface area contributed by atoms with Crippen LogP contribution in [0.2, 0.25) is 0 Å². The second-order valence-corrected chi connectivity index (χ2v) is 5.32. The Bertz CT molecular complexity index is 475. The molecule has 1 unspecified atom stereocenters. The van der Waals surface area contributed by atoms with Crippen molar-refractivity contribution in [3.8, 4) is 0 Å². The first-order valence-electron chi connectivity index (χ1n) is 5.71. The fraction of sp³-hybridized carbons (Fsp3) is 0.308. The fourth-order valence-electron chi connectivity index (χ4n) is 1.26. The van der Waals surface area contributed by atoms with Crippen molar-refractivity contribution in [2.75, 3.05) is 0 Å². The third-order valence-electron chi connectivity index (χ3n) is 2.38. The molecule has 0 heterocycles. The van der Waals surface area contributed by atoms with Gasteiger partial charge in [-0.05, 0) is 26.0 Å². The van der Waals surface area contributed by atoms with Crippen molar-refractivity contribution in [2.24, 2.45) is 0 Å². The number of carbonyl (C=O) groups excluding carboxylic acids is 2. The lowest BCUT2D eigenvalue weighted by Crippen LogP contribution is -2.38. The number of benzene rings is 1. The van der Waals surface area contributed by atoms with Crippen LogP contribution in [0.1, 0.15) is 24.2 Å². The Hall–Kier alpha value is -1.82. The van der Waals surface area contributed by atoms with E-state index in [9.17, 15) is 14.4 Å². The molecule has 0 aromatic heterocycles. The van der Waals surface area contributed by atoms with Crippen LogP contribution in [0.5, 0.6) is 0 Å². The van der Waals surface area contributed by atoms with Crippen LogP contribution in [0.25, 0.3) is 0 Å². The molecular weight excluding hydrogens is 266 g/mol. The summed E-state index contributed by atoms with van der Waals surface area (Å²) in [4.78, 5) is 34.1. The van der Waals surface area contributed by atoms with Gasteiger partial charge in [0, 0.05) is 5.56 Å². The molecule has 1 amide bonds. The minimum Gasteiger partial charge on any atom is -0.480 e. The molecule has 1 aromatic carbocycles. The van der Waals surface area contributed by atoms with Crippen LogP contribution in [0.15, 0.2) is 30.3 Å². The number of carbonyl (C=O) groups is 3. The molecule has 0 spiro atoms. The van der Waals surface area contributed by atoms with Crippen molar-refractivity contribution >= 4 is 28.8 Å². The zero-order chi connectivity index (χ0) is 14.4. The number of amides is 1. The molecule has 19 heavy (non-hydrogen) atoms. The Kier molecular flexibility index (Phi) is 5.57. The van der Waals surface area contributed by atoms with Gasteiger partial charge in [-0.15, -0.1) is 0 Å². The van der Waals surface area contributed by atoms with Crippen molar-refractivity contribution in [2.45, 2.75) is 25.1 Å². The fourth-order valence-corrected chi connectivity index (χ4v) is 1.97. The molecule has 0 bridgehead atoms. The SMILES string of the molecule is CC(SC(=O)[C@H](C)NC(=O)c1ccccc1)C(=O)O. The van der Waals surface area contributed by atoms with E-state index in [1.54, 1.807) is 30.3 Å². The number of aliphatic carboxylic acids is 1. The molecule has 102 valence electrons. The number of nitrogens with one attached hydrogen (secondary N) is 1.